The molecule has 106 valence electrons. The van der Waals surface area contributed by atoms with Crippen LogP contribution in [0, 0.1) is 0 Å². The lowest BCUT2D eigenvalue weighted by molar-refractivity contribution is 0.228. The van der Waals surface area contributed by atoms with Crippen LogP contribution in [0.1, 0.15) is 31.2 Å². The first-order valence-electron chi connectivity index (χ1n) is 7.01. The Morgan fingerprint density at radius 3 is 2.84 bits per heavy atom. The molecule has 0 spiro atoms. The van der Waals surface area contributed by atoms with E-state index < -0.39 is 0 Å². The molecule has 1 fully saturated rings. The number of nitrogens with one attached hydrogen (secondary N) is 1. The molecule has 2 heterocycles. The Bertz CT molecular complexity index is 394. The van der Waals surface area contributed by atoms with Crippen molar-refractivity contribution in [2.24, 2.45) is 0 Å². The lowest BCUT2D eigenvalue weighted by Gasteiger charge is -2.26. The van der Waals surface area contributed by atoms with Crippen LogP contribution in [0.15, 0.2) is 12.3 Å². The third-order valence-corrected chi connectivity index (χ3v) is 3.75. The quantitative estimate of drug-likeness (QED) is 0.622. The molecule has 0 unspecified atom stereocenters. The number of pyridine rings is 1. The number of piperidine rings is 1. The van der Waals surface area contributed by atoms with E-state index in [4.69, 9.17) is 11.6 Å². The summed E-state index contributed by atoms with van der Waals surface area (Å²) in [4.78, 5) is 6.49. The van der Waals surface area contributed by atoms with Gasteiger partial charge in [0, 0.05) is 24.0 Å². The van der Waals surface area contributed by atoms with Gasteiger partial charge in [-0.3, -0.25) is 0 Å². The van der Waals surface area contributed by atoms with Crippen LogP contribution in [-0.2, 0) is 6.61 Å². The van der Waals surface area contributed by atoms with Crippen LogP contribution in [0.5, 0.6) is 0 Å². The van der Waals surface area contributed by atoms with Crippen LogP contribution in [0.2, 0.25) is 5.15 Å². The van der Waals surface area contributed by atoms with E-state index in [2.05, 4.69) is 15.2 Å². The number of aliphatic hydroxyl groups is 1. The number of hydrogen-bond donors (Lipinski definition) is 2. The molecule has 0 amide bonds. The molecule has 1 aromatic rings. The Hall–Kier alpha value is -0.840. The van der Waals surface area contributed by atoms with Crippen LogP contribution < -0.4 is 5.32 Å². The predicted octanol–water partition coefficient (Wildman–Crippen LogP) is 2.52. The molecule has 0 aromatic carbocycles. The average molecular weight is 284 g/mol. The smallest absolute Gasteiger partial charge is 0.131 e. The molecular weight excluding hydrogens is 262 g/mol. The fourth-order valence-corrected chi connectivity index (χ4v) is 2.62. The zero-order chi connectivity index (χ0) is 13.5. The Morgan fingerprint density at radius 2 is 2.11 bits per heavy atom. The molecule has 1 aliphatic rings. The summed E-state index contributed by atoms with van der Waals surface area (Å²) in [6.07, 6.45) is 6.77. The molecule has 4 nitrogen and oxygen atoms in total. The van der Waals surface area contributed by atoms with Gasteiger partial charge in [0.2, 0.25) is 0 Å². The minimum Gasteiger partial charge on any atom is -0.392 e. The number of rotatable bonds is 6. The molecule has 1 aliphatic heterocycles. The average Bonchev–Trinajstić information content (AvgIpc) is 2.45. The van der Waals surface area contributed by atoms with Gasteiger partial charge in [-0.05, 0) is 45.0 Å². The summed E-state index contributed by atoms with van der Waals surface area (Å²) in [6, 6.07) is 1.77. The first kappa shape index (κ1) is 14.6. The van der Waals surface area contributed by atoms with Crippen molar-refractivity contribution in [1.82, 2.24) is 9.88 Å². The van der Waals surface area contributed by atoms with Crippen molar-refractivity contribution < 1.29 is 5.11 Å². The molecule has 1 aromatic heterocycles. The third-order valence-electron chi connectivity index (χ3n) is 3.54. The van der Waals surface area contributed by atoms with E-state index in [-0.39, 0.29) is 6.61 Å². The van der Waals surface area contributed by atoms with E-state index in [9.17, 15) is 5.11 Å². The molecule has 0 saturated carbocycles. The highest BCUT2D eigenvalue weighted by atomic mass is 35.5. The van der Waals surface area contributed by atoms with Gasteiger partial charge < -0.3 is 15.3 Å². The second-order valence-corrected chi connectivity index (χ2v) is 5.39. The highest BCUT2D eigenvalue weighted by Crippen LogP contribution is 2.18. The second kappa shape index (κ2) is 7.68. The van der Waals surface area contributed by atoms with Crippen molar-refractivity contribution in [3.05, 3.63) is 23.0 Å². The van der Waals surface area contributed by atoms with Crippen molar-refractivity contribution in [2.45, 2.75) is 32.3 Å². The summed E-state index contributed by atoms with van der Waals surface area (Å²) in [5.41, 5.74) is 1.68. The monoisotopic (exact) mass is 283 g/mol. The van der Waals surface area contributed by atoms with E-state index in [1.54, 1.807) is 12.3 Å². The number of anilines is 1. The van der Waals surface area contributed by atoms with Gasteiger partial charge in [-0.2, -0.15) is 0 Å². The van der Waals surface area contributed by atoms with Crippen LogP contribution in [0.3, 0.4) is 0 Å². The molecule has 0 atom stereocenters. The van der Waals surface area contributed by atoms with Gasteiger partial charge in [-0.1, -0.05) is 18.0 Å². The van der Waals surface area contributed by atoms with Crippen molar-refractivity contribution in [2.75, 3.05) is 31.5 Å². The highest BCUT2D eigenvalue weighted by Gasteiger charge is 2.09. The summed E-state index contributed by atoms with van der Waals surface area (Å²) >= 11 is 5.87. The predicted molar refractivity (Wildman–Crippen MR) is 78.6 cm³/mol. The Morgan fingerprint density at radius 1 is 1.32 bits per heavy atom. The largest absolute Gasteiger partial charge is 0.392 e. The summed E-state index contributed by atoms with van der Waals surface area (Å²) in [5.74, 6) is 0. The topological polar surface area (TPSA) is 48.4 Å². The number of nitrogens with zero attached hydrogens (tertiary/aromatic N) is 2. The molecule has 0 radical (unpaired) electrons. The molecule has 1 saturated heterocycles. The number of aliphatic hydroxyl groups excluding tert-OH is 1. The standard InChI is InChI=1S/C14H22ClN3O/c15-14-9-13(12(11-19)10-17-14)16-5-4-8-18-6-2-1-3-7-18/h9-10,19H,1-8,11H2,(H,16,17). The van der Waals surface area contributed by atoms with Gasteiger partial charge in [0.15, 0.2) is 0 Å². The summed E-state index contributed by atoms with van der Waals surface area (Å²) in [5, 5.41) is 13.0. The molecule has 0 aliphatic carbocycles. The maximum atomic E-state index is 9.24. The molecule has 0 bridgehead atoms. The van der Waals surface area contributed by atoms with Crippen LogP contribution in [-0.4, -0.2) is 41.2 Å². The van der Waals surface area contributed by atoms with E-state index in [0.29, 0.717) is 5.15 Å². The van der Waals surface area contributed by atoms with Crippen LogP contribution in [0.4, 0.5) is 5.69 Å². The zero-order valence-corrected chi connectivity index (χ0v) is 12.0. The van der Waals surface area contributed by atoms with Crippen molar-refractivity contribution >= 4 is 17.3 Å². The number of likely N-dealkylation sites (tertiary alicyclic amines) is 1. The maximum Gasteiger partial charge on any atom is 0.131 e. The van der Waals surface area contributed by atoms with E-state index in [0.717, 1.165) is 30.8 Å². The molecule has 19 heavy (non-hydrogen) atoms. The van der Waals surface area contributed by atoms with E-state index in [1.807, 2.05) is 0 Å². The Balaban J connectivity index is 1.74. The first-order valence-corrected chi connectivity index (χ1v) is 7.39. The maximum absolute atomic E-state index is 9.24. The second-order valence-electron chi connectivity index (χ2n) is 5.00. The fraction of sp³-hybridized carbons (Fsp3) is 0.643. The van der Waals surface area contributed by atoms with Gasteiger partial charge in [-0.15, -0.1) is 0 Å². The van der Waals surface area contributed by atoms with Gasteiger partial charge >= 0.3 is 0 Å². The lowest BCUT2D eigenvalue weighted by atomic mass is 10.1. The number of aromatic nitrogens is 1. The summed E-state index contributed by atoms with van der Waals surface area (Å²) in [7, 11) is 0. The normalized spacial score (nSPS) is 16.5. The van der Waals surface area contributed by atoms with Crippen molar-refractivity contribution in [3.63, 3.8) is 0 Å². The van der Waals surface area contributed by atoms with E-state index in [1.165, 1.54) is 32.4 Å². The highest BCUT2D eigenvalue weighted by molar-refractivity contribution is 6.29. The summed E-state index contributed by atoms with van der Waals surface area (Å²) in [6.45, 7) is 4.49. The van der Waals surface area contributed by atoms with Gasteiger partial charge in [-0.25, -0.2) is 4.98 Å². The Labute approximate surface area is 119 Å². The number of hydrogen-bond acceptors (Lipinski definition) is 4. The molecule has 2 N–H and O–H groups in total. The van der Waals surface area contributed by atoms with Crippen LogP contribution in [0.25, 0.3) is 0 Å². The molecule has 2 rings (SSSR count). The number of halogens is 1. The van der Waals surface area contributed by atoms with Gasteiger partial charge in [0.1, 0.15) is 5.15 Å². The first-order chi connectivity index (χ1) is 9.29. The van der Waals surface area contributed by atoms with Crippen molar-refractivity contribution in [1.29, 1.82) is 0 Å². The summed E-state index contributed by atoms with van der Waals surface area (Å²) < 4.78 is 0. The zero-order valence-electron chi connectivity index (χ0n) is 11.2. The minimum absolute atomic E-state index is 0.0153. The fourth-order valence-electron chi connectivity index (χ4n) is 2.46. The SMILES string of the molecule is OCc1cnc(Cl)cc1NCCCN1CCCCC1. The molecular formula is C14H22ClN3O. The third kappa shape index (κ3) is 4.64. The molecule has 5 heteroatoms. The van der Waals surface area contributed by atoms with Gasteiger partial charge in [0.25, 0.3) is 0 Å². The van der Waals surface area contributed by atoms with Gasteiger partial charge in [0.05, 0.1) is 6.61 Å². The van der Waals surface area contributed by atoms with Crippen molar-refractivity contribution in [3.8, 4) is 0 Å². The Kier molecular flexibility index (Phi) is 5.89. The van der Waals surface area contributed by atoms with Crippen LogP contribution >= 0.6 is 11.6 Å². The minimum atomic E-state index is -0.0153. The lowest BCUT2D eigenvalue weighted by Crippen LogP contribution is -2.31. The van der Waals surface area contributed by atoms with E-state index >= 15 is 0 Å².